The van der Waals surface area contributed by atoms with E-state index in [0.29, 0.717) is 13.2 Å². The molecule has 2 rings (SSSR count). The number of carbonyl (C=O) groups excluding carboxylic acids is 1. The van der Waals surface area contributed by atoms with Crippen LogP contribution in [0.4, 0.5) is 5.69 Å². The van der Waals surface area contributed by atoms with Gasteiger partial charge in [-0.25, -0.2) is 0 Å². The van der Waals surface area contributed by atoms with Gasteiger partial charge in [-0.2, -0.15) is 0 Å². The average Bonchev–Trinajstić information content (AvgIpc) is 2.68. The Morgan fingerprint density at radius 3 is 2.32 bits per heavy atom. The van der Waals surface area contributed by atoms with Crippen LogP contribution in [-0.4, -0.2) is 38.2 Å². The molecule has 0 fully saturated rings. The van der Waals surface area contributed by atoms with Crippen LogP contribution < -0.4 is 4.90 Å². The zero-order chi connectivity index (χ0) is 20.6. The number of amides is 1. The van der Waals surface area contributed by atoms with Gasteiger partial charge in [0.25, 0.3) is 0 Å². The van der Waals surface area contributed by atoms with Gasteiger partial charge in [0, 0.05) is 17.7 Å². The molecular formula is C23H31NO3S. The van der Waals surface area contributed by atoms with Crippen LogP contribution in [0.25, 0.3) is 0 Å². The molecule has 0 aliphatic heterocycles. The van der Waals surface area contributed by atoms with Gasteiger partial charge < -0.3 is 9.47 Å². The van der Waals surface area contributed by atoms with E-state index in [1.165, 1.54) is 0 Å². The highest BCUT2D eigenvalue weighted by Gasteiger charge is 2.28. The van der Waals surface area contributed by atoms with E-state index in [1.54, 1.807) is 23.8 Å². The normalized spacial score (nSPS) is 12.6. The number of benzene rings is 2. The molecule has 5 heteroatoms. The van der Waals surface area contributed by atoms with Gasteiger partial charge in [-0.15, -0.1) is 11.8 Å². The Morgan fingerprint density at radius 1 is 1.04 bits per heavy atom. The van der Waals surface area contributed by atoms with Crippen molar-refractivity contribution in [2.75, 3.05) is 32.0 Å². The van der Waals surface area contributed by atoms with E-state index in [2.05, 4.69) is 26.8 Å². The van der Waals surface area contributed by atoms with Crippen molar-refractivity contribution < 1.29 is 14.3 Å². The number of para-hydroxylation sites is 1. The van der Waals surface area contributed by atoms with Crippen molar-refractivity contribution in [2.24, 2.45) is 0 Å². The summed E-state index contributed by atoms with van der Waals surface area (Å²) in [6.07, 6.45) is 0. The van der Waals surface area contributed by atoms with Gasteiger partial charge >= 0.3 is 0 Å². The maximum atomic E-state index is 13.4. The largest absolute Gasteiger partial charge is 0.382 e. The summed E-state index contributed by atoms with van der Waals surface area (Å²) in [7, 11) is 1.64. The fourth-order valence-corrected chi connectivity index (χ4v) is 3.82. The Bertz CT molecular complexity index is 743. The molecule has 0 aliphatic carbocycles. The Balaban J connectivity index is 2.27. The molecule has 0 saturated carbocycles. The minimum Gasteiger partial charge on any atom is -0.382 e. The number of hydrogen-bond acceptors (Lipinski definition) is 4. The van der Waals surface area contributed by atoms with Gasteiger partial charge in [-0.1, -0.05) is 57.2 Å². The van der Waals surface area contributed by atoms with Gasteiger partial charge in [0.15, 0.2) is 0 Å². The van der Waals surface area contributed by atoms with Crippen LogP contribution >= 0.6 is 11.8 Å². The van der Waals surface area contributed by atoms with E-state index in [1.807, 2.05) is 55.5 Å². The van der Waals surface area contributed by atoms with E-state index < -0.39 is 0 Å². The third kappa shape index (κ3) is 6.36. The Morgan fingerprint density at radius 2 is 1.68 bits per heavy atom. The van der Waals surface area contributed by atoms with Crippen LogP contribution in [0.2, 0.25) is 0 Å². The quantitative estimate of drug-likeness (QED) is 0.332. The molecule has 1 amide bonds. The molecule has 28 heavy (non-hydrogen) atoms. The van der Waals surface area contributed by atoms with Crippen LogP contribution in [0, 0.1) is 0 Å². The number of thioether (sulfide) groups is 1. The van der Waals surface area contributed by atoms with Crippen molar-refractivity contribution in [3.05, 3.63) is 60.2 Å². The van der Waals surface area contributed by atoms with Gasteiger partial charge in [0.05, 0.1) is 18.5 Å². The highest BCUT2D eigenvalue weighted by atomic mass is 32.2. The topological polar surface area (TPSA) is 38.8 Å². The molecule has 2 aromatic carbocycles. The average molecular weight is 402 g/mol. The summed E-state index contributed by atoms with van der Waals surface area (Å²) >= 11 is 1.56. The monoisotopic (exact) mass is 401 g/mol. The Labute approximate surface area is 173 Å². The van der Waals surface area contributed by atoms with E-state index in [9.17, 15) is 4.79 Å². The van der Waals surface area contributed by atoms with Crippen molar-refractivity contribution in [2.45, 2.75) is 43.3 Å². The second-order valence-corrected chi connectivity index (χ2v) is 9.05. The number of ether oxygens (including phenoxy) is 2. The smallest absolute Gasteiger partial charge is 0.242 e. The number of hydrogen-bond donors (Lipinski definition) is 0. The molecule has 0 heterocycles. The van der Waals surface area contributed by atoms with Crippen molar-refractivity contribution in [3.8, 4) is 0 Å². The molecule has 4 nitrogen and oxygen atoms in total. The standard InChI is InChI=1S/C23H31NO3S/c1-18(28-19-11-7-6-8-12-19)22(25)24(17-27-16-15-26-5)21-14-10-9-13-20(21)23(2,3)4/h6-14,18H,15-17H2,1-5H3/t18-/m1/s1. The summed E-state index contributed by atoms with van der Waals surface area (Å²) in [6, 6.07) is 18.1. The summed E-state index contributed by atoms with van der Waals surface area (Å²) in [6.45, 7) is 9.56. The fourth-order valence-electron chi connectivity index (χ4n) is 2.87. The number of rotatable bonds is 9. The van der Waals surface area contributed by atoms with E-state index in [4.69, 9.17) is 9.47 Å². The molecule has 152 valence electrons. The molecule has 0 bridgehead atoms. The lowest BCUT2D eigenvalue weighted by atomic mass is 9.85. The first kappa shape index (κ1) is 22.5. The Kier molecular flexibility index (Phi) is 8.55. The van der Waals surface area contributed by atoms with Crippen LogP contribution in [-0.2, 0) is 19.7 Å². The SMILES string of the molecule is COCCOCN(C(=O)[C@@H](C)Sc1ccccc1)c1ccccc1C(C)(C)C. The number of carbonyl (C=O) groups is 1. The molecule has 0 aromatic heterocycles. The van der Waals surface area contributed by atoms with Crippen molar-refractivity contribution >= 4 is 23.4 Å². The van der Waals surface area contributed by atoms with Crippen molar-refractivity contribution in [1.82, 2.24) is 0 Å². The van der Waals surface area contributed by atoms with E-state index in [0.717, 1.165) is 16.1 Å². The summed E-state index contributed by atoms with van der Waals surface area (Å²) in [5.74, 6) is 0.0305. The van der Waals surface area contributed by atoms with E-state index in [-0.39, 0.29) is 23.3 Å². The highest BCUT2D eigenvalue weighted by molar-refractivity contribution is 8.00. The first-order valence-corrected chi connectivity index (χ1v) is 10.4. The molecule has 0 spiro atoms. The van der Waals surface area contributed by atoms with Crippen LogP contribution in [0.1, 0.15) is 33.3 Å². The third-order valence-electron chi connectivity index (χ3n) is 4.32. The van der Waals surface area contributed by atoms with Gasteiger partial charge in [0.2, 0.25) is 5.91 Å². The lowest BCUT2D eigenvalue weighted by molar-refractivity contribution is -0.119. The predicted octanol–water partition coefficient (Wildman–Crippen LogP) is 5.12. The number of anilines is 1. The minimum absolute atomic E-state index is 0.0305. The first-order chi connectivity index (χ1) is 13.3. The van der Waals surface area contributed by atoms with Crippen LogP contribution in [0.3, 0.4) is 0 Å². The first-order valence-electron chi connectivity index (χ1n) is 9.54. The molecule has 0 radical (unpaired) electrons. The summed E-state index contributed by atoms with van der Waals surface area (Å²) in [5, 5.41) is -0.235. The second-order valence-electron chi connectivity index (χ2n) is 7.64. The molecular weight excluding hydrogens is 370 g/mol. The Hall–Kier alpha value is -1.82. The lowest BCUT2D eigenvalue weighted by Gasteiger charge is -2.31. The number of methoxy groups -OCH3 is 1. The lowest BCUT2D eigenvalue weighted by Crippen LogP contribution is -2.40. The predicted molar refractivity (Wildman–Crippen MR) is 117 cm³/mol. The van der Waals surface area contributed by atoms with Crippen LogP contribution in [0.15, 0.2) is 59.5 Å². The summed E-state index contributed by atoms with van der Waals surface area (Å²) in [4.78, 5) is 16.2. The second kappa shape index (κ2) is 10.6. The van der Waals surface area contributed by atoms with Gasteiger partial charge in [0.1, 0.15) is 6.73 Å². The third-order valence-corrected chi connectivity index (χ3v) is 5.42. The zero-order valence-corrected chi connectivity index (χ0v) is 18.3. The zero-order valence-electron chi connectivity index (χ0n) is 17.5. The molecule has 1 atom stereocenters. The summed E-state index contributed by atoms with van der Waals surface area (Å²) < 4.78 is 10.8. The fraction of sp³-hybridized carbons (Fsp3) is 0.435. The van der Waals surface area contributed by atoms with Crippen molar-refractivity contribution in [1.29, 1.82) is 0 Å². The maximum absolute atomic E-state index is 13.4. The van der Waals surface area contributed by atoms with Crippen molar-refractivity contribution in [3.63, 3.8) is 0 Å². The molecule has 0 aliphatic rings. The number of nitrogens with zero attached hydrogens (tertiary/aromatic N) is 1. The molecule has 0 N–H and O–H groups in total. The molecule has 2 aromatic rings. The van der Waals surface area contributed by atoms with Crippen LogP contribution in [0.5, 0.6) is 0 Å². The summed E-state index contributed by atoms with van der Waals surface area (Å²) in [5.41, 5.74) is 1.94. The molecule has 0 unspecified atom stereocenters. The minimum atomic E-state index is -0.235. The maximum Gasteiger partial charge on any atom is 0.242 e. The van der Waals surface area contributed by atoms with Gasteiger partial charge in [-0.05, 0) is 36.1 Å². The van der Waals surface area contributed by atoms with Gasteiger partial charge in [-0.3, -0.25) is 9.69 Å². The molecule has 0 saturated heterocycles. The van der Waals surface area contributed by atoms with E-state index >= 15 is 0 Å². The highest BCUT2D eigenvalue weighted by Crippen LogP contribution is 2.33.